The van der Waals surface area contributed by atoms with Crippen LogP contribution in [0.4, 0.5) is 17.6 Å². The van der Waals surface area contributed by atoms with Gasteiger partial charge in [-0.1, -0.05) is 13.0 Å². The van der Waals surface area contributed by atoms with E-state index in [-0.39, 0.29) is 11.4 Å². The monoisotopic (exact) mass is 259 g/mol. The number of nitrogens with one attached hydrogen (secondary N) is 1. The molecule has 0 fully saturated rings. The predicted molar refractivity (Wildman–Crippen MR) is 56.2 cm³/mol. The summed E-state index contributed by atoms with van der Waals surface area (Å²) >= 11 is 0. The zero-order valence-corrected chi connectivity index (χ0v) is 9.35. The molecule has 18 heavy (non-hydrogen) atoms. The highest BCUT2D eigenvalue weighted by Gasteiger charge is 2.35. The van der Waals surface area contributed by atoms with Crippen molar-refractivity contribution in [2.24, 2.45) is 0 Å². The van der Waals surface area contributed by atoms with Crippen LogP contribution in [0.15, 0.2) is 18.2 Å². The first-order valence-electron chi connectivity index (χ1n) is 5.21. The van der Waals surface area contributed by atoms with Gasteiger partial charge in [-0.05, 0) is 12.1 Å². The number of benzene rings is 1. The fourth-order valence-electron chi connectivity index (χ4n) is 1.50. The van der Waals surface area contributed by atoms with Gasteiger partial charge in [-0.2, -0.15) is 18.3 Å². The van der Waals surface area contributed by atoms with Crippen molar-refractivity contribution in [3.8, 4) is 11.4 Å². The van der Waals surface area contributed by atoms with Gasteiger partial charge in [0.05, 0.1) is 11.1 Å². The fourth-order valence-corrected chi connectivity index (χ4v) is 1.50. The lowest BCUT2D eigenvalue weighted by Gasteiger charge is -2.09. The molecule has 0 amide bonds. The number of aromatic amines is 1. The second-order valence-corrected chi connectivity index (χ2v) is 3.62. The van der Waals surface area contributed by atoms with Crippen LogP contribution in [0.1, 0.15) is 18.3 Å². The molecule has 0 atom stereocenters. The molecule has 0 bridgehead atoms. The van der Waals surface area contributed by atoms with E-state index in [0.29, 0.717) is 18.3 Å². The lowest BCUT2D eigenvalue weighted by Crippen LogP contribution is -2.09. The standard InChI is InChI=1S/C11H9F4N3/c1-2-8-16-10(18-17-8)6-4-3-5-7(9(6)12)11(13,14)15/h3-5H,2H2,1H3,(H,16,17,18). The molecule has 0 radical (unpaired) electrons. The van der Waals surface area contributed by atoms with Crippen LogP contribution < -0.4 is 0 Å². The van der Waals surface area contributed by atoms with Gasteiger partial charge < -0.3 is 0 Å². The van der Waals surface area contributed by atoms with Crippen molar-refractivity contribution in [1.29, 1.82) is 0 Å². The first-order valence-corrected chi connectivity index (χ1v) is 5.21. The highest BCUT2D eigenvalue weighted by molar-refractivity contribution is 5.57. The highest BCUT2D eigenvalue weighted by Crippen LogP contribution is 2.34. The smallest absolute Gasteiger partial charge is 0.263 e. The molecule has 2 rings (SSSR count). The minimum atomic E-state index is -4.73. The van der Waals surface area contributed by atoms with Crippen molar-refractivity contribution in [2.75, 3.05) is 0 Å². The van der Waals surface area contributed by atoms with E-state index in [4.69, 9.17) is 0 Å². The number of aryl methyl sites for hydroxylation is 1. The lowest BCUT2D eigenvalue weighted by molar-refractivity contribution is -0.139. The summed E-state index contributed by atoms with van der Waals surface area (Å²) in [5.41, 5.74) is -1.58. The second-order valence-electron chi connectivity index (χ2n) is 3.62. The van der Waals surface area contributed by atoms with Crippen LogP contribution in [-0.2, 0) is 12.6 Å². The third kappa shape index (κ3) is 2.20. The van der Waals surface area contributed by atoms with E-state index < -0.39 is 17.6 Å². The van der Waals surface area contributed by atoms with E-state index in [1.165, 1.54) is 6.07 Å². The number of nitrogens with zero attached hydrogens (tertiary/aromatic N) is 2. The molecule has 3 nitrogen and oxygen atoms in total. The Balaban J connectivity index is 2.52. The first kappa shape index (κ1) is 12.5. The van der Waals surface area contributed by atoms with Crippen LogP contribution in [0.5, 0.6) is 0 Å². The maximum Gasteiger partial charge on any atom is 0.419 e. The number of hydrogen-bond acceptors (Lipinski definition) is 2. The third-order valence-electron chi connectivity index (χ3n) is 2.41. The van der Waals surface area contributed by atoms with E-state index in [1.807, 2.05) is 0 Å². The molecule has 2 aromatic rings. The van der Waals surface area contributed by atoms with Gasteiger partial charge >= 0.3 is 6.18 Å². The molecule has 1 aromatic heterocycles. The van der Waals surface area contributed by atoms with E-state index in [2.05, 4.69) is 15.2 Å². The van der Waals surface area contributed by atoms with Gasteiger partial charge in [-0.3, -0.25) is 5.10 Å². The van der Waals surface area contributed by atoms with E-state index in [1.54, 1.807) is 6.92 Å². The minimum Gasteiger partial charge on any atom is -0.263 e. The van der Waals surface area contributed by atoms with Gasteiger partial charge in [0.1, 0.15) is 11.6 Å². The minimum absolute atomic E-state index is 0.0737. The van der Waals surface area contributed by atoms with Crippen LogP contribution in [0.2, 0.25) is 0 Å². The van der Waals surface area contributed by atoms with Gasteiger partial charge in [-0.25, -0.2) is 9.37 Å². The van der Waals surface area contributed by atoms with E-state index in [0.717, 1.165) is 6.07 Å². The topological polar surface area (TPSA) is 41.6 Å². The normalized spacial score (nSPS) is 11.8. The van der Waals surface area contributed by atoms with Crippen LogP contribution in [0.25, 0.3) is 11.4 Å². The van der Waals surface area contributed by atoms with Crippen molar-refractivity contribution in [1.82, 2.24) is 15.2 Å². The Hall–Kier alpha value is -1.92. The number of aromatic nitrogens is 3. The van der Waals surface area contributed by atoms with Gasteiger partial charge in [-0.15, -0.1) is 0 Å². The summed E-state index contributed by atoms with van der Waals surface area (Å²) in [6, 6.07) is 3.03. The van der Waals surface area contributed by atoms with E-state index >= 15 is 0 Å². The average molecular weight is 259 g/mol. The van der Waals surface area contributed by atoms with Crippen LogP contribution in [0.3, 0.4) is 0 Å². The Morgan fingerprint density at radius 3 is 2.56 bits per heavy atom. The predicted octanol–water partition coefficient (Wildman–Crippen LogP) is 3.19. The van der Waals surface area contributed by atoms with Crippen LogP contribution in [-0.4, -0.2) is 15.2 Å². The molecule has 1 aromatic carbocycles. The van der Waals surface area contributed by atoms with Gasteiger partial charge in [0.15, 0.2) is 5.82 Å². The Morgan fingerprint density at radius 1 is 1.28 bits per heavy atom. The lowest BCUT2D eigenvalue weighted by atomic mass is 10.1. The summed E-state index contributed by atoms with van der Waals surface area (Å²) < 4.78 is 51.3. The SMILES string of the molecule is CCc1nc(-c2cccc(C(F)(F)F)c2F)n[nH]1. The molecule has 7 heteroatoms. The van der Waals surface area contributed by atoms with Crippen molar-refractivity contribution in [2.45, 2.75) is 19.5 Å². The van der Waals surface area contributed by atoms with Crippen LogP contribution in [0, 0.1) is 5.82 Å². The van der Waals surface area contributed by atoms with Crippen molar-refractivity contribution in [3.05, 3.63) is 35.4 Å². The summed E-state index contributed by atoms with van der Waals surface area (Å²) in [7, 11) is 0. The molecule has 0 spiro atoms. The Bertz CT molecular complexity index is 560. The number of rotatable bonds is 2. The largest absolute Gasteiger partial charge is 0.419 e. The molecule has 0 aliphatic heterocycles. The van der Waals surface area contributed by atoms with E-state index in [9.17, 15) is 17.6 Å². The molecule has 96 valence electrons. The molecule has 1 N–H and O–H groups in total. The van der Waals surface area contributed by atoms with Crippen molar-refractivity contribution < 1.29 is 17.6 Å². The molecule has 0 aliphatic rings. The zero-order chi connectivity index (χ0) is 13.3. The first-order chi connectivity index (χ1) is 8.43. The Kier molecular flexibility index (Phi) is 3.06. The summed E-state index contributed by atoms with van der Waals surface area (Å²) in [5, 5.41) is 6.23. The van der Waals surface area contributed by atoms with Gasteiger partial charge in [0, 0.05) is 6.42 Å². The maximum absolute atomic E-state index is 13.8. The third-order valence-corrected chi connectivity index (χ3v) is 2.41. The highest BCUT2D eigenvalue weighted by atomic mass is 19.4. The zero-order valence-electron chi connectivity index (χ0n) is 9.35. The molecular weight excluding hydrogens is 250 g/mol. The average Bonchev–Trinajstić information content (AvgIpc) is 2.76. The summed E-state index contributed by atoms with van der Waals surface area (Å²) in [5.74, 6) is -0.941. The maximum atomic E-state index is 13.8. The Labute approximate surface area is 99.9 Å². The quantitative estimate of drug-likeness (QED) is 0.841. The van der Waals surface area contributed by atoms with Gasteiger partial charge in [0.25, 0.3) is 0 Å². The Morgan fingerprint density at radius 2 is 2.00 bits per heavy atom. The van der Waals surface area contributed by atoms with Crippen LogP contribution >= 0.6 is 0 Å². The van der Waals surface area contributed by atoms with Gasteiger partial charge in [0.2, 0.25) is 0 Å². The second kappa shape index (κ2) is 4.40. The molecule has 0 saturated carbocycles. The van der Waals surface area contributed by atoms with Crippen molar-refractivity contribution in [3.63, 3.8) is 0 Å². The molecule has 1 heterocycles. The molecule has 0 saturated heterocycles. The number of alkyl halides is 3. The summed E-state index contributed by atoms with van der Waals surface area (Å²) in [4.78, 5) is 3.91. The fraction of sp³-hybridized carbons (Fsp3) is 0.273. The number of hydrogen-bond donors (Lipinski definition) is 1. The number of H-pyrrole nitrogens is 1. The summed E-state index contributed by atoms with van der Waals surface area (Å²) in [6.07, 6.45) is -4.20. The van der Waals surface area contributed by atoms with Crippen molar-refractivity contribution >= 4 is 0 Å². The number of halogens is 4. The molecular formula is C11H9F4N3. The summed E-state index contributed by atoms with van der Waals surface area (Å²) in [6.45, 7) is 1.80. The molecule has 0 aliphatic carbocycles. The molecule has 0 unspecified atom stereocenters.